The van der Waals surface area contributed by atoms with E-state index in [2.05, 4.69) is 10.3 Å². The Hall–Kier alpha value is -2.74. The summed E-state index contributed by atoms with van der Waals surface area (Å²) in [7, 11) is 0. The van der Waals surface area contributed by atoms with Crippen molar-refractivity contribution in [1.82, 2.24) is 14.7 Å². The first-order valence-electron chi connectivity index (χ1n) is 7.51. The van der Waals surface area contributed by atoms with Crippen LogP contribution in [0.4, 0.5) is 13.2 Å². The molecule has 136 valence electrons. The highest BCUT2D eigenvalue weighted by atomic mass is 35.5. The van der Waals surface area contributed by atoms with E-state index in [-0.39, 0.29) is 12.3 Å². The fourth-order valence-corrected chi connectivity index (χ4v) is 2.42. The van der Waals surface area contributed by atoms with Gasteiger partial charge in [0.2, 0.25) is 0 Å². The van der Waals surface area contributed by atoms with Gasteiger partial charge in [-0.15, -0.1) is 0 Å². The summed E-state index contributed by atoms with van der Waals surface area (Å²) in [6.07, 6.45) is -1.06. The lowest BCUT2D eigenvalue weighted by Gasteiger charge is -2.10. The van der Waals surface area contributed by atoms with Gasteiger partial charge in [0, 0.05) is 12.4 Å². The Balaban J connectivity index is 1.54. The zero-order chi connectivity index (χ0) is 18.7. The summed E-state index contributed by atoms with van der Waals surface area (Å²) in [5.74, 6) is -0.505. The maximum atomic E-state index is 12.6. The van der Waals surface area contributed by atoms with Gasteiger partial charge < -0.3 is 14.5 Å². The van der Waals surface area contributed by atoms with E-state index in [9.17, 15) is 18.0 Å². The second kappa shape index (κ2) is 7.25. The number of nitrogens with zero attached hydrogens (tertiary/aromatic N) is 2. The lowest BCUT2D eigenvalue weighted by molar-refractivity contribution is -0.137. The quantitative estimate of drug-likeness (QED) is 0.731. The molecule has 3 rings (SSSR count). The van der Waals surface area contributed by atoms with E-state index in [4.69, 9.17) is 16.3 Å². The fourth-order valence-electron chi connectivity index (χ4n) is 2.25. The first-order valence-corrected chi connectivity index (χ1v) is 7.89. The zero-order valence-electron chi connectivity index (χ0n) is 13.3. The van der Waals surface area contributed by atoms with Crippen LogP contribution in [0.3, 0.4) is 0 Å². The molecule has 26 heavy (non-hydrogen) atoms. The van der Waals surface area contributed by atoms with Crippen molar-refractivity contribution < 1.29 is 22.7 Å². The highest BCUT2D eigenvalue weighted by molar-refractivity contribution is 6.30. The van der Waals surface area contributed by atoms with Crippen LogP contribution in [0, 0.1) is 0 Å². The van der Waals surface area contributed by atoms with Gasteiger partial charge in [0.25, 0.3) is 5.91 Å². The molecular weight excluding hydrogens is 371 g/mol. The number of aromatic nitrogens is 2. The Morgan fingerprint density at radius 3 is 2.81 bits per heavy atom. The second-order valence-corrected chi connectivity index (χ2v) is 5.87. The van der Waals surface area contributed by atoms with Gasteiger partial charge in [-0.3, -0.25) is 4.79 Å². The highest BCUT2D eigenvalue weighted by Gasteiger charge is 2.30. The number of fused-ring (bicyclic) bond motifs is 1. The van der Waals surface area contributed by atoms with Crippen LogP contribution in [-0.2, 0) is 17.5 Å². The van der Waals surface area contributed by atoms with E-state index in [0.29, 0.717) is 16.4 Å². The number of nitrogens with one attached hydrogen (secondary N) is 1. The Labute approximate surface area is 151 Å². The lowest BCUT2D eigenvalue weighted by atomic mass is 10.2. The van der Waals surface area contributed by atoms with Crippen molar-refractivity contribution >= 4 is 23.2 Å². The minimum absolute atomic E-state index is 0.0302. The van der Waals surface area contributed by atoms with Gasteiger partial charge in [-0.1, -0.05) is 17.7 Å². The van der Waals surface area contributed by atoms with E-state index in [1.165, 1.54) is 12.1 Å². The van der Waals surface area contributed by atoms with Crippen molar-refractivity contribution in [1.29, 1.82) is 0 Å². The molecule has 0 spiro atoms. The van der Waals surface area contributed by atoms with Crippen molar-refractivity contribution in [3.63, 3.8) is 0 Å². The van der Waals surface area contributed by atoms with Gasteiger partial charge in [0.15, 0.2) is 6.61 Å². The summed E-state index contributed by atoms with van der Waals surface area (Å²) in [4.78, 5) is 16.1. The molecule has 2 heterocycles. The van der Waals surface area contributed by atoms with Crippen molar-refractivity contribution in [2.45, 2.75) is 12.7 Å². The average molecular weight is 384 g/mol. The number of pyridine rings is 1. The monoisotopic (exact) mass is 383 g/mol. The average Bonchev–Trinajstić information content (AvgIpc) is 2.99. The van der Waals surface area contributed by atoms with Crippen LogP contribution < -0.4 is 10.1 Å². The number of benzene rings is 1. The van der Waals surface area contributed by atoms with Crippen LogP contribution in [0.1, 0.15) is 11.3 Å². The molecule has 0 saturated heterocycles. The van der Waals surface area contributed by atoms with Gasteiger partial charge in [0.05, 0.1) is 22.8 Å². The normalized spacial score (nSPS) is 11.5. The third-order valence-electron chi connectivity index (χ3n) is 3.46. The molecule has 2 aromatic heterocycles. The second-order valence-electron chi connectivity index (χ2n) is 5.44. The summed E-state index contributed by atoms with van der Waals surface area (Å²) in [5.41, 5.74) is 0.456. The Morgan fingerprint density at radius 1 is 1.23 bits per heavy atom. The molecule has 0 saturated carbocycles. The zero-order valence-corrected chi connectivity index (χ0v) is 14.0. The van der Waals surface area contributed by atoms with E-state index >= 15 is 0 Å². The fraction of sp³-hybridized carbons (Fsp3) is 0.176. The number of carbonyl (C=O) groups excluding carboxylic acids is 1. The Kier molecular flexibility index (Phi) is 5.03. The van der Waals surface area contributed by atoms with E-state index in [1.807, 2.05) is 0 Å². The van der Waals surface area contributed by atoms with Gasteiger partial charge in [-0.05, 0) is 30.3 Å². The molecule has 0 aliphatic rings. The number of imidazole rings is 1. The van der Waals surface area contributed by atoms with E-state index in [1.54, 1.807) is 28.9 Å². The predicted molar refractivity (Wildman–Crippen MR) is 89.0 cm³/mol. The maximum Gasteiger partial charge on any atom is 0.416 e. The third kappa shape index (κ3) is 4.45. The number of hydrogen-bond donors (Lipinski definition) is 1. The molecule has 3 aromatic rings. The summed E-state index contributed by atoms with van der Waals surface area (Å²) in [6, 6.07) is 7.80. The van der Waals surface area contributed by atoms with Crippen LogP contribution in [0.2, 0.25) is 5.02 Å². The van der Waals surface area contributed by atoms with Crippen LogP contribution in [-0.4, -0.2) is 21.9 Å². The summed E-state index contributed by atoms with van der Waals surface area (Å²) < 4.78 is 44.7. The van der Waals surface area contributed by atoms with Gasteiger partial charge in [-0.25, -0.2) is 4.98 Å². The standard InChI is InChI=1S/C17H13ClF3N3O2/c18-12-4-5-15-23-13(9-24(15)8-12)7-22-16(25)10-26-14-3-1-2-11(6-14)17(19,20)21/h1-6,8-9H,7,10H2,(H,22,25). The van der Waals surface area contributed by atoms with Crippen molar-refractivity contribution in [3.8, 4) is 5.75 Å². The Bertz CT molecular complexity index is 940. The first-order chi connectivity index (χ1) is 12.3. The van der Waals surface area contributed by atoms with Crippen LogP contribution in [0.5, 0.6) is 5.75 Å². The molecule has 0 aliphatic carbocycles. The molecule has 1 aromatic carbocycles. The minimum atomic E-state index is -4.46. The topological polar surface area (TPSA) is 55.6 Å². The minimum Gasteiger partial charge on any atom is -0.484 e. The van der Waals surface area contributed by atoms with E-state index in [0.717, 1.165) is 12.1 Å². The molecule has 1 amide bonds. The van der Waals surface area contributed by atoms with Crippen molar-refractivity contribution in [2.24, 2.45) is 0 Å². The summed E-state index contributed by atoms with van der Waals surface area (Å²) >= 11 is 5.89. The number of rotatable bonds is 5. The molecular formula is C17H13ClF3N3O2. The number of carbonyl (C=O) groups is 1. The number of ether oxygens (including phenoxy) is 1. The van der Waals surface area contributed by atoms with Gasteiger partial charge in [0.1, 0.15) is 11.4 Å². The van der Waals surface area contributed by atoms with Crippen molar-refractivity contribution in [3.05, 3.63) is 65.1 Å². The third-order valence-corrected chi connectivity index (χ3v) is 3.69. The number of alkyl halides is 3. The first kappa shape index (κ1) is 18.1. The van der Waals surface area contributed by atoms with Gasteiger partial charge in [-0.2, -0.15) is 13.2 Å². The van der Waals surface area contributed by atoms with Crippen LogP contribution in [0.15, 0.2) is 48.8 Å². The molecule has 0 atom stereocenters. The molecule has 0 aliphatic heterocycles. The van der Waals surface area contributed by atoms with Crippen molar-refractivity contribution in [2.75, 3.05) is 6.61 Å². The molecule has 0 radical (unpaired) electrons. The largest absolute Gasteiger partial charge is 0.484 e. The molecule has 0 unspecified atom stereocenters. The highest BCUT2D eigenvalue weighted by Crippen LogP contribution is 2.31. The van der Waals surface area contributed by atoms with Crippen LogP contribution >= 0.6 is 11.6 Å². The number of halogens is 4. The molecule has 9 heteroatoms. The smallest absolute Gasteiger partial charge is 0.416 e. The van der Waals surface area contributed by atoms with Gasteiger partial charge >= 0.3 is 6.18 Å². The molecule has 5 nitrogen and oxygen atoms in total. The SMILES string of the molecule is O=C(COc1cccc(C(F)(F)F)c1)NCc1cn2cc(Cl)ccc2n1. The lowest BCUT2D eigenvalue weighted by Crippen LogP contribution is -2.28. The molecule has 1 N–H and O–H groups in total. The van der Waals surface area contributed by atoms with E-state index < -0.39 is 24.3 Å². The predicted octanol–water partition coefficient (Wildman–Crippen LogP) is 3.70. The number of hydrogen-bond acceptors (Lipinski definition) is 3. The number of amides is 1. The Morgan fingerprint density at radius 2 is 2.04 bits per heavy atom. The summed E-state index contributed by atoms with van der Waals surface area (Å²) in [5, 5.41) is 3.15. The van der Waals surface area contributed by atoms with Crippen LogP contribution in [0.25, 0.3) is 5.65 Å². The molecule has 0 fully saturated rings. The maximum absolute atomic E-state index is 12.6. The molecule has 0 bridgehead atoms. The summed E-state index contributed by atoms with van der Waals surface area (Å²) in [6.45, 7) is -0.245.